The van der Waals surface area contributed by atoms with Gasteiger partial charge < -0.3 is 10.6 Å². The highest BCUT2D eigenvalue weighted by Gasteiger charge is 2.28. The topological polar surface area (TPSA) is 97.5 Å². The number of nitrogens with zero attached hydrogens (tertiary/aromatic N) is 1. The molecule has 0 bridgehead atoms. The molecule has 0 aliphatic carbocycles. The molecule has 2 rings (SSSR count). The van der Waals surface area contributed by atoms with Crippen LogP contribution in [-0.4, -0.2) is 44.0 Å². The summed E-state index contributed by atoms with van der Waals surface area (Å²) >= 11 is 0. The summed E-state index contributed by atoms with van der Waals surface area (Å²) < 4.78 is 24.3. The van der Waals surface area contributed by atoms with E-state index in [2.05, 4.69) is 0 Å². The second kappa shape index (κ2) is 7.12. The van der Waals surface area contributed by atoms with Crippen LogP contribution < -0.4 is 5.73 Å². The summed E-state index contributed by atoms with van der Waals surface area (Å²) in [5.74, 6) is -0.437. The van der Waals surface area contributed by atoms with E-state index >= 15 is 0 Å². The molecule has 2 N–H and O–H groups in total. The maximum atomic E-state index is 12.7. The lowest BCUT2D eigenvalue weighted by Gasteiger charge is -2.32. The molecule has 23 heavy (non-hydrogen) atoms. The molecule has 1 fully saturated rings. The average molecular weight is 338 g/mol. The summed E-state index contributed by atoms with van der Waals surface area (Å²) in [5.41, 5.74) is 5.43. The Labute approximate surface area is 136 Å². The van der Waals surface area contributed by atoms with Gasteiger partial charge >= 0.3 is 0 Å². The number of nitrogens with two attached hydrogens (primary N) is 1. The molecule has 6 nitrogen and oxygen atoms in total. The predicted octanol–water partition coefficient (Wildman–Crippen LogP) is 1.21. The number of amides is 2. The van der Waals surface area contributed by atoms with Crippen LogP contribution in [-0.2, 0) is 14.6 Å². The van der Waals surface area contributed by atoms with Gasteiger partial charge in [-0.25, -0.2) is 8.42 Å². The first-order chi connectivity index (χ1) is 10.8. The summed E-state index contributed by atoms with van der Waals surface area (Å²) in [6.07, 6.45) is 1.75. The van der Waals surface area contributed by atoms with E-state index in [4.69, 9.17) is 5.73 Å². The molecule has 1 aliphatic heterocycles. The summed E-state index contributed by atoms with van der Waals surface area (Å²) in [4.78, 5) is 25.4. The van der Waals surface area contributed by atoms with Gasteiger partial charge in [-0.3, -0.25) is 9.59 Å². The van der Waals surface area contributed by atoms with Gasteiger partial charge in [-0.2, -0.15) is 0 Å². The van der Waals surface area contributed by atoms with Crippen molar-refractivity contribution < 1.29 is 18.0 Å². The molecule has 1 aliphatic rings. The minimum absolute atomic E-state index is 0.0437. The fourth-order valence-electron chi connectivity index (χ4n) is 2.87. The van der Waals surface area contributed by atoms with Gasteiger partial charge in [0.25, 0.3) is 5.91 Å². The van der Waals surface area contributed by atoms with Crippen molar-refractivity contribution in [3.63, 3.8) is 0 Å². The number of hydrogen-bond acceptors (Lipinski definition) is 4. The van der Waals surface area contributed by atoms with Crippen molar-refractivity contribution in [2.75, 3.05) is 18.8 Å². The first kappa shape index (κ1) is 17.5. The number of carbonyl (C=O) groups is 2. The van der Waals surface area contributed by atoms with Crippen molar-refractivity contribution in [3.05, 3.63) is 29.8 Å². The van der Waals surface area contributed by atoms with E-state index in [0.717, 1.165) is 0 Å². The third-order valence-electron chi connectivity index (χ3n) is 4.22. The Bertz CT molecular complexity index is 692. The van der Waals surface area contributed by atoms with E-state index in [9.17, 15) is 18.0 Å². The molecule has 0 saturated carbocycles. The van der Waals surface area contributed by atoms with E-state index in [-0.39, 0.29) is 33.9 Å². The van der Waals surface area contributed by atoms with Crippen LogP contribution in [0.1, 0.15) is 36.5 Å². The maximum absolute atomic E-state index is 12.7. The summed E-state index contributed by atoms with van der Waals surface area (Å²) in [6, 6.07) is 6.33. The highest BCUT2D eigenvalue weighted by atomic mass is 32.2. The van der Waals surface area contributed by atoms with Crippen molar-refractivity contribution in [2.24, 2.45) is 11.7 Å². The van der Waals surface area contributed by atoms with Gasteiger partial charge in [0.05, 0.1) is 16.2 Å². The molecule has 1 aromatic carbocycles. The van der Waals surface area contributed by atoms with Crippen LogP contribution in [0.3, 0.4) is 0 Å². The lowest BCUT2D eigenvalue weighted by atomic mass is 9.93. The number of rotatable bonds is 5. The van der Waals surface area contributed by atoms with Gasteiger partial charge in [-0.1, -0.05) is 19.1 Å². The molecular weight excluding hydrogens is 316 g/mol. The fraction of sp³-hybridized carbons (Fsp3) is 0.500. The number of hydrogen-bond donors (Lipinski definition) is 1. The van der Waals surface area contributed by atoms with Gasteiger partial charge in [0.1, 0.15) is 0 Å². The number of sulfone groups is 1. The standard InChI is InChI=1S/C16H22N2O4S/c1-2-23(21,22)14-6-4-3-5-13(14)16(20)18-9-7-12(8-10-18)11-15(17)19/h3-6,12H,2,7-11H2,1H3,(H2,17,19). The first-order valence-electron chi connectivity index (χ1n) is 7.74. The molecule has 0 atom stereocenters. The number of piperidine rings is 1. The van der Waals surface area contributed by atoms with Crippen molar-refractivity contribution in [1.29, 1.82) is 0 Å². The Hall–Kier alpha value is -1.89. The molecule has 2 amide bonds. The molecule has 0 unspecified atom stereocenters. The van der Waals surface area contributed by atoms with E-state index in [1.807, 2.05) is 0 Å². The van der Waals surface area contributed by atoms with Gasteiger partial charge in [0.15, 0.2) is 9.84 Å². The van der Waals surface area contributed by atoms with E-state index in [0.29, 0.717) is 32.4 Å². The Morgan fingerprint density at radius 3 is 2.39 bits per heavy atom. The summed E-state index contributed by atoms with van der Waals surface area (Å²) in [5, 5.41) is 0. The molecule has 0 radical (unpaired) electrons. The third kappa shape index (κ3) is 4.10. The van der Waals surface area contributed by atoms with Crippen molar-refractivity contribution in [1.82, 2.24) is 4.90 Å². The van der Waals surface area contributed by atoms with Gasteiger partial charge in [-0.05, 0) is 30.9 Å². The van der Waals surface area contributed by atoms with Crippen LogP contribution in [0.5, 0.6) is 0 Å². The zero-order chi connectivity index (χ0) is 17.0. The largest absolute Gasteiger partial charge is 0.370 e. The zero-order valence-corrected chi connectivity index (χ0v) is 14.0. The van der Waals surface area contributed by atoms with Gasteiger partial charge in [0.2, 0.25) is 5.91 Å². The lowest BCUT2D eigenvalue weighted by Crippen LogP contribution is -2.39. The highest BCUT2D eigenvalue weighted by Crippen LogP contribution is 2.24. The van der Waals surface area contributed by atoms with Crippen molar-refractivity contribution in [3.8, 4) is 0 Å². The maximum Gasteiger partial charge on any atom is 0.255 e. The Kier molecular flexibility index (Phi) is 5.41. The number of primary amides is 1. The monoisotopic (exact) mass is 338 g/mol. The van der Waals surface area contributed by atoms with Gasteiger partial charge in [-0.15, -0.1) is 0 Å². The second-order valence-corrected chi connectivity index (χ2v) is 8.05. The van der Waals surface area contributed by atoms with E-state index in [1.165, 1.54) is 6.07 Å². The molecule has 126 valence electrons. The second-order valence-electron chi connectivity index (χ2n) is 5.81. The first-order valence-corrected chi connectivity index (χ1v) is 9.39. The van der Waals surface area contributed by atoms with E-state index in [1.54, 1.807) is 30.0 Å². The minimum Gasteiger partial charge on any atom is -0.370 e. The van der Waals surface area contributed by atoms with Gasteiger partial charge in [0, 0.05) is 19.5 Å². The molecule has 7 heteroatoms. The quantitative estimate of drug-likeness (QED) is 0.872. The van der Waals surface area contributed by atoms with E-state index < -0.39 is 9.84 Å². The summed E-state index contributed by atoms with van der Waals surface area (Å²) in [6.45, 7) is 2.58. The molecule has 1 saturated heterocycles. The molecule has 0 spiro atoms. The highest BCUT2D eigenvalue weighted by molar-refractivity contribution is 7.91. The number of benzene rings is 1. The smallest absolute Gasteiger partial charge is 0.255 e. The minimum atomic E-state index is -3.45. The molecule has 0 aromatic heterocycles. The Morgan fingerprint density at radius 1 is 1.22 bits per heavy atom. The van der Waals surface area contributed by atoms with Crippen LogP contribution in [0.2, 0.25) is 0 Å². The van der Waals surface area contributed by atoms with Crippen LogP contribution in [0.25, 0.3) is 0 Å². The van der Waals surface area contributed by atoms with Crippen LogP contribution in [0.15, 0.2) is 29.2 Å². The Balaban J connectivity index is 2.15. The fourth-order valence-corrected chi connectivity index (χ4v) is 3.95. The van der Waals surface area contributed by atoms with Crippen LogP contribution in [0.4, 0.5) is 0 Å². The van der Waals surface area contributed by atoms with Crippen LogP contribution in [0, 0.1) is 5.92 Å². The number of likely N-dealkylation sites (tertiary alicyclic amines) is 1. The molecular formula is C16H22N2O4S. The third-order valence-corrected chi connectivity index (χ3v) is 6.01. The molecule has 1 heterocycles. The predicted molar refractivity (Wildman–Crippen MR) is 86.6 cm³/mol. The van der Waals surface area contributed by atoms with Crippen molar-refractivity contribution >= 4 is 21.7 Å². The van der Waals surface area contributed by atoms with Crippen molar-refractivity contribution in [2.45, 2.75) is 31.1 Å². The zero-order valence-electron chi connectivity index (χ0n) is 13.2. The normalized spacial score (nSPS) is 16.3. The van der Waals surface area contributed by atoms with Crippen LogP contribution >= 0.6 is 0 Å². The lowest BCUT2D eigenvalue weighted by molar-refractivity contribution is -0.119. The SMILES string of the molecule is CCS(=O)(=O)c1ccccc1C(=O)N1CCC(CC(N)=O)CC1. The molecule has 1 aromatic rings. The summed E-state index contributed by atoms with van der Waals surface area (Å²) in [7, 11) is -3.45. The number of carbonyl (C=O) groups excluding carboxylic acids is 2. The average Bonchev–Trinajstić information content (AvgIpc) is 2.54. The Morgan fingerprint density at radius 2 is 1.83 bits per heavy atom.